The first-order valence-corrected chi connectivity index (χ1v) is 13.5. The Labute approximate surface area is 209 Å². The molecule has 1 aromatic carbocycles. The zero-order valence-corrected chi connectivity index (χ0v) is 21.1. The lowest BCUT2D eigenvalue weighted by molar-refractivity contribution is -0.00521. The molecule has 188 valence electrons. The maximum Gasteiger partial charge on any atom is 0.253 e. The molecule has 1 unspecified atom stereocenters. The lowest BCUT2D eigenvalue weighted by atomic mass is 10.1. The molecule has 1 fully saturated rings. The number of rotatable bonds is 6. The van der Waals surface area contributed by atoms with Crippen LogP contribution in [0.15, 0.2) is 54.9 Å². The predicted octanol–water partition coefficient (Wildman–Crippen LogP) is 2.78. The molecule has 4 heterocycles. The first-order chi connectivity index (χ1) is 17.2. The fourth-order valence-corrected chi connectivity index (χ4v) is 5.01. The average molecular weight is 509 g/mol. The Hall–Kier alpha value is -3.70. The summed E-state index contributed by atoms with van der Waals surface area (Å²) in [5.74, 6) is 0.158. The highest BCUT2D eigenvalue weighted by Gasteiger charge is 2.22. The number of ether oxygens (including phenoxy) is 1. The first-order valence-electron chi connectivity index (χ1n) is 11.7. The van der Waals surface area contributed by atoms with Gasteiger partial charge in [0.25, 0.3) is 5.91 Å². The summed E-state index contributed by atoms with van der Waals surface area (Å²) in [4.78, 5) is 27.2. The molecule has 11 heteroatoms. The molecule has 1 aliphatic heterocycles. The Kier molecular flexibility index (Phi) is 6.27. The molecular formula is C25H28N6O4S. The van der Waals surface area contributed by atoms with Gasteiger partial charge < -0.3 is 19.9 Å². The molecule has 0 saturated carbocycles. The summed E-state index contributed by atoms with van der Waals surface area (Å²) in [5, 5.41) is 2.75. The number of anilines is 1. The van der Waals surface area contributed by atoms with Crippen LogP contribution in [0.3, 0.4) is 0 Å². The molecule has 0 spiro atoms. The minimum atomic E-state index is -3.44. The molecule has 2 N–H and O–H groups in total. The van der Waals surface area contributed by atoms with Gasteiger partial charge in [0.05, 0.1) is 36.3 Å². The van der Waals surface area contributed by atoms with Gasteiger partial charge in [-0.2, -0.15) is 0 Å². The van der Waals surface area contributed by atoms with Gasteiger partial charge in [-0.05, 0) is 44.2 Å². The number of aromatic amines is 1. The fourth-order valence-electron chi connectivity index (χ4n) is 4.42. The summed E-state index contributed by atoms with van der Waals surface area (Å²) in [7, 11) is -3.44. The van der Waals surface area contributed by atoms with E-state index in [2.05, 4.69) is 46.2 Å². The topological polar surface area (TPSA) is 122 Å². The average Bonchev–Trinajstić information content (AvgIpc) is 3.49. The molecule has 0 bridgehead atoms. The summed E-state index contributed by atoms with van der Waals surface area (Å²) < 4.78 is 30.1. The molecule has 1 aliphatic rings. The van der Waals surface area contributed by atoms with E-state index < -0.39 is 15.9 Å². The monoisotopic (exact) mass is 508 g/mol. The third kappa shape index (κ3) is 5.12. The van der Waals surface area contributed by atoms with E-state index >= 15 is 0 Å². The van der Waals surface area contributed by atoms with Crippen molar-refractivity contribution in [1.29, 1.82) is 0 Å². The van der Waals surface area contributed by atoms with Gasteiger partial charge in [-0.3, -0.25) is 8.77 Å². The molecule has 1 amide bonds. The van der Waals surface area contributed by atoms with Crippen molar-refractivity contribution in [3.63, 3.8) is 0 Å². The number of H-pyrrole nitrogens is 1. The van der Waals surface area contributed by atoms with Crippen LogP contribution in [0.25, 0.3) is 22.4 Å². The van der Waals surface area contributed by atoms with E-state index in [9.17, 15) is 13.2 Å². The molecule has 3 aromatic heterocycles. The van der Waals surface area contributed by atoms with Gasteiger partial charge in [-0.1, -0.05) is 12.1 Å². The van der Waals surface area contributed by atoms with Crippen LogP contribution in [0, 0.1) is 0 Å². The number of imidazole rings is 1. The second-order valence-corrected chi connectivity index (χ2v) is 11.0. The third-order valence-electron chi connectivity index (χ3n) is 6.05. The van der Waals surface area contributed by atoms with E-state index in [1.807, 2.05) is 24.3 Å². The number of amides is 1. The number of benzene rings is 1. The van der Waals surface area contributed by atoms with Crippen LogP contribution in [0.1, 0.15) is 30.0 Å². The van der Waals surface area contributed by atoms with Crippen LogP contribution in [-0.2, 0) is 21.3 Å². The molecule has 4 aromatic rings. The molecule has 36 heavy (non-hydrogen) atoms. The minimum absolute atomic E-state index is 0.150. The van der Waals surface area contributed by atoms with Gasteiger partial charge >= 0.3 is 0 Å². The first kappa shape index (κ1) is 24.0. The molecule has 0 aliphatic carbocycles. The quantitative estimate of drug-likeness (QED) is 0.411. The van der Waals surface area contributed by atoms with Crippen LogP contribution in [-0.4, -0.2) is 64.8 Å². The van der Waals surface area contributed by atoms with Crippen molar-refractivity contribution in [3.05, 3.63) is 66.2 Å². The van der Waals surface area contributed by atoms with Crippen LogP contribution in [0.4, 0.5) is 5.69 Å². The smallest absolute Gasteiger partial charge is 0.253 e. The molecular weight excluding hydrogens is 480 g/mol. The Morgan fingerprint density at radius 2 is 1.92 bits per heavy atom. The maximum absolute atomic E-state index is 12.4. The van der Waals surface area contributed by atoms with Gasteiger partial charge in [-0.25, -0.2) is 18.4 Å². The van der Waals surface area contributed by atoms with Crippen molar-refractivity contribution in [1.82, 2.24) is 24.2 Å². The highest BCUT2D eigenvalue weighted by Crippen LogP contribution is 2.27. The van der Waals surface area contributed by atoms with Crippen molar-refractivity contribution < 1.29 is 17.9 Å². The number of hydrogen-bond acceptors (Lipinski definition) is 7. The summed E-state index contributed by atoms with van der Waals surface area (Å²) >= 11 is 0. The number of carbonyl (C=O) groups excluding carboxylic acids is 1. The van der Waals surface area contributed by atoms with Gasteiger partial charge in [0.1, 0.15) is 11.3 Å². The number of hydrogen-bond donors (Lipinski definition) is 2. The Balaban J connectivity index is 1.30. The van der Waals surface area contributed by atoms with Crippen LogP contribution in [0.2, 0.25) is 0 Å². The van der Waals surface area contributed by atoms with E-state index in [1.165, 1.54) is 18.5 Å². The Bertz CT molecular complexity index is 1520. The number of pyridine rings is 1. The molecule has 1 saturated heterocycles. The summed E-state index contributed by atoms with van der Waals surface area (Å²) in [6, 6.07) is 13.6. The van der Waals surface area contributed by atoms with Crippen molar-refractivity contribution in [3.8, 4) is 11.3 Å². The zero-order valence-electron chi connectivity index (χ0n) is 20.3. The number of nitrogens with one attached hydrogen (secondary N) is 2. The van der Waals surface area contributed by atoms with Crippen molar-refractivity contribution in [2.75, 3.05) is 24.2 Å². The molecule has 2 atom stereocenters. The van der Waals surface area contributed by atoms with Gasteiger partial charge in [0.2, 0.25) is 10.0 Å². The van der Waals surface area contributed by atoms with E-state index in [4.69, 9.17) is 9.72 Å². The molecule has 5 rings (SSSR count). The number of morpholine rings is 1. The van der Waals surface area contributed by atoms with Crippen LogP contribution < -0.4 is 10.2 Å². The number of carbonyl (C=O) groups is 1. The number of nitrogens with zero attached hydrogens (tertiary/aromatic N) is 4. The largest absolute Gasteiger partial charge is 0.372 e. The highest BCUT2D eigenvalue weighted by atomic mass is 32.2. The standard InChI is InChI=1S/C25H28N6O4S/c1-16-13-30(14-17(2)35-16)20-6-4-5-18(11-20)21-7-8-22-24(28-21)29-23(27-22)12-26-25(32)19-9-10-31(15-19)36(3,33)34/h4-11,15-17H,12-14H2,1-3H3,(H,26,32)(H,27,28,29)/t16-,17?/m1/s1. The molecule has 0 radical (unpaired) electrons. The van der Waals surface area contributed by atoms with Gasteiger partial charge in [0, 0.05) is 36.7 Å². The predicted molar refractivity (Wildman–Crippen MR) is 137 cm³/mol. The van der Waals surface area contributed by atoms with Crippen LogP contribution >= 0.6 is 0 Å². The van der Waals surface area contributed by atoms with Crippen molar-refractivity contribution in [2.45, 2.75) is 32.6 Å². The highest BCUT2D eigenvalue weighted by molar-refractivity contribution is 7.89. The summed E-state index contributed by atoms with van der Waals surface area (Å²) in [6.07, 6.45) is 4.05. The number of fused-ring (bicyclic) bond motifs is 1. The minimum Gasteiger partial charge on any atom is -0.372 e. The maximum atomic E-state index is 12.4. The van der Waals surface area contributed by atoms with E-state index in [-0.39, 0.29) is 24.3 Å². The lowest BCUT2D eigenvalue weighted by Crippen LogP contribution is -2.45. The van der Waals surface area contributed by atoms with Crippen molar-refractivity contribution >= 4 is 32.8 Å². The summed E-state index contributed by atoms with van der Waals surface area (Å²) in [6.45, 7) is 6.01. The lowest BCUT2D eigenvalue weighted by Gasteiger charge is -2.37. The molecule has 10 nitrogen and oxygen atoms in total. The van der Waals surface area contributed by atoms with Gasteiger partial charge in [-0.15, -0.1) is 0 Å². The van der Waals surface area contributed by atoms with Crippen LogP contribution in [0.5, 0.6) is 0 Å². The SMILES string of the molecule is CC1CN(c2cccc(-c3ccc4nc(CNC(=O)c5ccn(S(C)(=O)=O)c5)[nH]c4n3)c2)C[C@@H](C)O1. The van der Waals surface area contributed by atoms with Gasteiger partial charge in [0.15, 0.2) is 5.65 Å². The van der Waals surface area contributed by atoms with E-state index in [0.29, 0.717) is 17.0 Å². The summed E-state index contributed by atoms with van der Waals surface area (Å²) in [5.41, 5.74) is 4.52. The number of aromatic nitrogens is 4. The fraction of sp³-hybridized carbons (Fsp3) is 0.320. The van der Waals surface area contributed by atoms with E-state index in [0.717, 1.165) is 40.3 Å². The Morgan fingerprint density at radius 1 is 1.14 bits per heavy atom. The second-order valence-electron chi connectivity index (χ2n) is 9.14. The zero-order chi connectivity index (χ0) is 25.4. The normalized spacial score (nSPS) is 18.5. The second kappa shape index (κ2) is 9.40. The Morgan fingerprint density at radius 3 is 2.64 bits per heavy atom. The van der Waals surface area contributed by atoms with E-state index in [1.54, 1.807) is 0 Å². The van der Waals surface area contributed by atoms with Crippen molar-refractivity contribution in [2.24, 2.45) is 0 Å². The third-order valence-corrected chi connectivity index (χ3v) is 7.04.